The Morgan fingerprint density at radius 2 is 1.74 bits per heavy atom. The summed E-state index contributed by atoms with van der Waals surface area (Å²) in [7, 11) is 2.72. The molecule has 0 aromatic heterocycles. The Balaban J connectivity index is 2.68. The number of carbonyl (C=O) groups excluding carboxylic acids is 2. The zero-order valence-corrected chi connectivity index (χ0v) is 14.2. The third-order valence-electron chi connectivity index (χ3n) is 4.46. The number of ether oxygens (including phenoxy) is 2. The first kappa shape index (κ1) is 17.1. The van der Waals surface area contributed by atoms with Crippen molar-refractivity contribution in [2.75, 3.05) is 14.2 Å². The Kier molecular flexibility index (Phi) is 5.08. The summed E-state index contributed by atoms with van der Waals surface area (Å²) in [5.41, 5.74) is 3.18. The van der Waals surface area contributed by atoms with Gasteiger partial charge in [-0.15, -0.1) is 0 Å². The lowest BCUT2D eigenvalue weighted by Crippen LogP contribution is -2.47. The van der Waals surface area contributed by atoms with Crippen LogP contribution in [0.2, 0.25) is 0 Å². The standard InChI is InChI=1S/C18H23NO4/c1-10-8-6-7-9-13(10)16-14(17(20)22-4)11(2)19-12(3)15(16)18(21)23-5/h6-9,11,14,16,19H,1-5H3. The van der Waals surface area contributed by atoms with Crippen LogP contribution in [0.3, 0.4) is 0 Å². The Labute approximate surface area is 136 Å². The molecule has 3 atom stereocenters. The third-order valence-corrected chi connectivity index (χ3v) is 4.46. The van der Waals surface area contributed by atoms with Crippen LogP contribution in [-0.4, -0.2) is 32.2 Å². The maximum absolute atomic E-state index is 12.4. The molecule has 3 unspecified atom stereocenters. The molecule has 0 saturated heterocycles. The van der Waals surface area contributed by atoms with Crippen LogP contribution in [0.15, 0.2) is 35.5 Å². The Bertz CT molecular complexity index is 650. The largest absolute Gasteiger partial charge is 0.469 e. The van der Waals surface area contributed by atoms with Crippen molar-refractivity contribution in [2.45, 2.75) is 32.7 Å². The molecule has 124 valence electrons. The van der Waals surface area contributed by atoms with Crippen LogP contribution < -0.4 is 5.32 Å². The minimum Gasteiger partial charge on any atom is -0.469 e. The van der Waals surface area contributed by atoms with Gasteiger partial charge in [-0.3, -0.25) is 4.79 Å². The zero-order chi connectivity index (χ0) is 17.1. The highest BCUT2D eigenvalue weighted by atomic mass is 16.5. The van der Waals surface area contributed by atoms with Crippen molar-refractivity contribution in [3.05, 3.63) is 46.7 Å². The monoisotopic (exact) mass is 317 g/mol. The van der Waals surface area contributed by atoms with Gasteiger partial charge in [0.2, 0.25) is 0 Å². The SMILES string of the molecule is COC(=O)C1=C(C)NC(C)C(C(=O)OC)C1c1ccccc1C. The molecule has 5 nitrogen and oxygen atoms in total. The second kappa shape index (κ2) is 6.86. The number of rotatable bonds is 3. The maximum atomic E-state index is 12.4. The van der Waals surface area contributed by atoms with E-state index in [2.05, 4.69) is 5.32 Å². The van der Waals surface area contributed by atoms with E-state index in [4.69, 9.17) is 9.47 Å². The van der Waals surface area contributed by atoms with Gasteiger partial charge in [-0.1, -0.05) is 24.3 Å². The number of allylic oxidation sites excluding steroid dienone is 1. The van der Waals surface area contributed by atoms with Crippen LogP contribution in [0.5, 0.6) is 0 Å². The van der Waals surface area contributed by atoms with Crippen molar-refractivity contribution < 1.29 is 19.1 Å². The van der Waals surface area contributed by atoms with Crippen molar-refractivity contribution in [3.8, 4) is 0 Å². The van der Waals surface area contributed by atoms with Crippen LogP contribution in [0.4, 0.5) is 0 Å². The zero-order valence-electron chi connectivity index (χ0n) is 14.2. The predicted octanol–water partition coefficient (Wildman–Crippen LogP) is 2.31. The lowest BCUT2D eigenvalue weighted by molar-refractivity contribution is -0.147. The van der Waals surface area contributed by atoms with Gasteiger partial charge in [0.05, 0.1) is 25.7 Å². The summed E-state index contributed by atoms with van der Waals surface area (Å²) in [4.78, 5) is 24.8. The molecule has 0 spiro atoms. The first-order chi connectivity index (χ1) is 10.9. The van der Waals surface area contributed by atoms with Gasteiger partial charge in [0, 0.05) is 17.7 Å². The number of methoxy groups -OCH3 is 2. The average Bonchev–Trinajstić information content (AvgIpc) is 2.53. The number of hydrogen-bond donors (Lipinski definition) is 1. The molecule has 1 aromatic carbocycles. The van der Waals surface area contributed by atoms with Gasteiger partial charge in [0.15, 0.2) is 0 Å². The Hall–Kier alpha value is -2.30. The molecule has 2 rings (SSSR count). The normalized spacial score (nSPS) is 24.0. The molecule has 1 N–H and O–H groups in total. The molecule has 1 aromatic rings. The second-order valence-corrected chi connectivity index (χ2v) is 5.85. The van der Waals surface area contributed by atoms with Gasteiger partial charge >= 0.3 is 11.9 Å². The summed E-state index contributed by atoms with van der Waals surface area (Å²) in [5.74, 6) is -1.66. The van der Waals surface area contributed by atoms with Crippen LogP contribution in [0.1, 0.15) is 30.9 Å². The topological polar surface area (TPSA) is 64.6 Å². The molecule has 1 aliphatic heterocycles. The van der Waals surface area contributed by atoms with Crippen molar-refractivity contribution in [1.82, 2.24) is 5.32 Å². The first-order valence-corrected chi connectivity index (χ1v) is 7.61. The summed E-state index contributed by atoms with van der Waals surface area (Å²) in [6, 6.07) is 7.61. The van der Waals surface area contributed by atoms with Gasteiger partial charge in [0.25, 0.3) is 0 Å². The van der Waals surface area contributed by atoms with E-state index in [0.29, 0.717) is 5.57 Å². The quantitative estimate of drug-likeness (QED) is 0.867. The molecular formula is C18H23NO4. The minimum absolute atomic E-state index is 0.152. The van der Waals surface area contributed by atoms with Gasteiger partial charge in [-0.05, 0) is 31.9 Å². The van der Waals surface area contributed by atoms with Crippen molar-refractivity contribution in [1.29, 1.82) is 0 Å². The van der Waals surface area contributed by atoms with E-state index in [1.807, 2.05) is 45.0 Å². The molecule has 1 heterocycles. The van der Waals surface area contributed by atoms with E-state index in [1.54, 1.807) is 0 Å². The molecule has 0 bridgehead atoms. The van der Waals surface area contributed by atoms with Gasteiger partial charge in [-0.25, -0.2) is 4.79 Å². The summed E-state index contributed by atoms with van der Waals surface area (Å²) < 4.78 is 9.95. The lowest BCUT2D eigenvalue weighted by atomic mass is 9.72. The predicted molar refractivity (Wildman–Crippen MR) is 86.7 cm³/mol. The highest BCUT2D eigenvalue weighted by molar-refractivity contribution is 5.93. The molecule has 0 aliphatic carbocycles. The van der Waals surface area contributed by atoms with Crippen LogP contribution in [0.25, 0.3) is 0 Å². The number of aryl methyl sites for hydroxylation is 1. The highest BCUT2D eigenvalue weighted by Gasteiger charge is 2.44. The van der Waals surface area contributed by atoms with Gasteiger partial charge < -0.3 is 14.8 Å². The Morgan fingerprint density at radius 3 is 2.30 bits per heavy atom. The highest BCUT2D eigenvalue weighted by Crippen LogP contribution is 2.41. The van der Waals surface area contributed by atoms with E-state index in [9.17, 15) is 9.59 Å². The average molecular weight is 317 g/mol. The fraction of sp³-hybridized carbons (Fsp3) is 0.444. The molecule has 23 heavy (non-hydrogen) atoms. The van der Waals surface area contributed by atoms with Crippen molar-refractivity contribution >= 4 is 11.9 Å². The van der Waals surface area contributed by atoms with Crippen LogP contribution in [-0.2, 0) is 19.1 Å². The molecular weight excluding hydrogens is 294 g/mol. The smallest absolute Gasteiger partial charge is 0.336 e. The third kappa shape index (κ3) is 3.09. The van der Waals surface area contributed by atoms with E-state index in [0.717, 1.165) is 16.8 Å². The molecule has 0 radical (unpaired) electrons. The summed E-state index contributed by atoms with van der Waals surface area (Å²) in [6.45, 7) is 5.73. The number of nitrogens with one attached hydrogen (secondary N) is 1. The van der Waals surface area contributed by atoms with Gasteiger partial charge in [-0.2, -0.15) is 0 Å². The van der Waals surface area contributed by atoms with E-state index in [1.165, 1.54) is 14.2 Å². The maximum Gasteiger partial charge on any atom is 0.336 e. The summed E-state index contributed by atoms with van der Waals surface area (Å²) in [6.07, 6.45) is 0. The Morgan fingerprint density at radius 1 is 1.09 bits per heavy atom. The van der Waals surface area contributed by atoms with E-state index < -0.39 is 17.8 Å². The molecule has 5 heteroatoms. The molecule has 0 amide bonds. The van der Waals surface area contributed by atoms with Crippen LogP contribution >= 0.6 is 0 Å². The number of hydrogen-bond acceptors (Lipinski definition) is 5. The van der Waals surface area contributed by atoms with Crippen molar-refractivity contribution in [3.63, 3.8) is 0 Å². The number of benzene rings is 1. The lowest BCUT2D eigenvalue weighted by Gasteiger charge is -2.38. The van der Waals surface area contributed by atoms with E-state index >= 15 is 0 Å². The van der Waals surface area contributed by atoms with Crippen LogP contribution in [0, 0.1) is 12.8 Å². The fourth-order valence-corrected chi connectivity index (χ4v) is 3.36. The fourth-order valence-electron chi connectivity index (χ4n) is 3.36. The number of carbonyl (C=O) groups is 2. The van der Waals surface area contributed by atoms with Crippen molar-refractivity contribution in [2.24, 2.45) is 5.92 Å². The number of esters is 2. The first-order valence-electron chi connectivity index (χ1n) is 7.61. The minimum atomic E-state index is -0.501. The summed E-state index contributed by atoms with van der Waals surface area (Å²) in [5, 5.41) is 3.21. The molecule has 0 saturated carbocycles. The van der Waals surface area contributed by atoms with E-state index in [-0.39, 0.29) is 12.0 Å². The molecule has 1 aliphatic rings. The second-order valence-electron chi connectivity index (χ2n) is 5.85. The summed E-state index contributed by atoms with van der Waals surface area (Å²) >= 11 is 0. The molecule has 0 fully saturated rings. The van der Waals surface area contributed by atoms with Gasteiger partial charge in [0.1, 0.15) is 0 Å².